The maximum absolute atomic E-state index is 11.3. The highest BCUT2D eigenvalue weighted by molar-refractivity contribution is 9.09. The van der Waals surface area contributed by atoms with Crippen LogP contribution in [0, 0.1) is 0 Å². The SMILES string of the molecule is O=C(O)c1ccccc1CC1COC(CBr)(c2cccc(Cl)c2)O1. The lowest BCUT2D eigenvalue weighted by Crippen LogP contribution is -2.30. The molecule has 2 aromatic rings. The van der Waals surface area contributed by atoms with Crippen LogP contribution in [0.15, 0.2) is 48.5 Å². The molecular weight excluding hydrogens is 396 g/mol. The molecule has 1 fully saturated rings. The number of aromatic carboxylic acids is 1. The van der Waals surface area contributed by atoms with E-state index < -0.39 is 11.8 Å². The van der Waals surface area contributed by atoms with Crippen LogP contribution in [0.25, 0.3) is 0 Å². The predicted molar refractivity (Wildman–Crippen MR) is 94.9 cm³/mol. The fourth-order valence-corrected chi connectivity index (χ4v) is 3.65. The van der Waals surface area contributed by atoms with Gasteiger partial charge in [0.15, 0.2) is 0 Å². The van der Waals surface area contributed by atoms with E-state index in [4.69, 9.17) is 21.1 Å². The van der Waals surface area contributed by atoms with Gasteiger partial charge in [0.25, 0.3) is 0 Å². The average Bonchev–Trinajstić information content (AvgIpc) is 3.00. The summed E-state index contributed by atoms with van der Waals surface area (Å²) in [4.78, 5) is 11.3. The van der Waals surface area contributed by atoms with Crippen LogP contribution in [-0.2, 0) is 21.7 Å². The highest BCUT2D eigenvalue weighted by Crippen LogP contribution is 2.38. The van der Waals surface area contributed by atoms with Crippen LogP contribution in [0.4, 0.5) is 0 Å². The molecule has 0 aromatic heterocycles. The predicted octanol–water partition coefficient (Wildman–Crippen LogP) is 4.24. The third-order valence-corrected chi connectivity index (χ3v) is 4.97. The second-order valence-electron chi connectivity index (χ2n) is 5.61. The van der Waals surface area contributed by atoms with Crippen molar-refractivity contribution in [2.24, 2.45) is 0 Å². The molecule has 1 aliphatic rings. The van der Waals surface area contributed by atoms with E-state index in [1.54, 1.807) is 24.3 Å². The minimum Gasteiger partial charge on any atom is -0.478 e. The summed E-state index contributed by atoms with van der Waals surface area (Å²) in [6.45, 7) is 0.381. The van der Waals surface area contributed by atoms with Gasteiger partial charge in [0.2, 0.25) is 5.79 Å². The number of ether oxygens (including phenoxy) is 2. The Hall–Kier alpha value is -1.40. The molecule has 1 saturated heterocycles. The Morgan fingerprint density at radius 2 is 2.08 bits per heavy atom. The molecule has 2 unspecified atom stereocenters. The molecular formula is C18H16BrClO4. The minimum atomic E-state index is -0.939. The highest BCUT2D eigenvalue weighted by atomic mass is 79.9. The van der Waals surface area contributed by atoms with Gasteiger partial charge in [0.05, 0.1) is 23.6 Å². The third-order valence-electron chi connectivity index (χ3n) is 4.00. The summed E-state index contributed by atoms with van der Waals surface area (Å²) < 4.78 is 12.1. The van der Waals surface area contributed by atoms with Gasteiger partial charge in [-0.05, 0) is 23.8 Å². The monoisotopic (exact) mass is 410 g/mol. The molecule has 0 saturated carbocycles. The molecule has 24 heavy (non-hydrogen) atoms. The lowest BCUT2D eigenvalue weighted by atomic mass is 10.0. The average molecular weight is 412 g/mol. The van der Waals surface area contributed by atoms with E-state index in [1.807, 2.05) is 24.3 Å². The zero-order valence-corrected chi connectivity index (χ0v) is 15.1. The molecule has 6 heteroatoms. The van der Waals surface area contributed by atoms with Crippen molar-refractivity contribution in [3.8, 4) is 0 Å². The summed E-state index contributed by atoms with van der Waals surface area (Å²) in [6.07, 6.45) is 0.236. The van der Waals surface area contributed by atoms with Crippen molar-refractivity contribution in [1.29, 1.82) is 0 Å². The number of rotatable bonds is 5. The summed E-state index contributed by atoms with van der Waals surface area (Å²) >= 11 is 9.53. The maximum Gasteiger partial charge on any atom is 0.335 e. The quantitative estimate of drug-likeness (QED) is 0.748. The molecule has 1 aliphatic heterocycles. The standard InChI is InChI=1S/C18H16BrClO4/c19-11-18(13-5-3-6-14(20)9-13)23-10-15(24-18)8-12-4-1-2-7-16(12)17(21)22/h1-7,9,15H,8,10-11H2,(H,21,22). The van der Waals surface area contributed by atoms with Gasteiger partial charge < -0.3 is 14.6 Å². The summed E-state index contributed by atoms with van der Waals surface area (Å²) in [7, 11) is 0. The largest absolute Gasteiger partial charge is 0.478 e. The Labute approximate surface area is 153 Å². The second kappa shape index (κ2) is 7.23. The summed E-state index contributed by atoms with van der Waals surface area (Å²) in [5.74, 6) is -1.85. The van der Waals surface area contributed by atoms with Crippen molar-refractivity contribution in [3.63, 3.8) is 0 Å². The molecule has 0 spiro atoms. The van der Waals surface area contributed by atoms with E-state index in [9.17, 15) is 9.90 Å². The van der Waals surface area contributed by atoms with Crippen molar-refractivity contribution < 1.29 is 19.4 Å². The van der Waals surface area contributed by atoms with Crippen LogP contribution in [-0.4, -0.2) is 29.1 Å². The first-order valence-corrected chi connectivity index (χ1v) is 8.99. The first kappa shape index (κ1) is 17.4. The Morgan fingerprint density at radius 3 is 2.79 bits per heavy atom. The van der Waals surface area contributed by atoms with Crippen LogP contribution >= 0.6 is 27.5 Å². The normalized spacial score (nSPS) is 23.3. The van der Waals surface area contributed by atoms with Gasteiger partial charge in [-0.3, -0.25) is 0 Å². The van der Waals surface area contributed by atoms with Crippen LogP contribution in [0.3, 0.4) is 0 Å². The minimum absolute atomic E-state index is 0.234. The Kier molecular flexibility index (Phi) is 5.25. The lowest BCUT2D eigenvalue weighted by molar-refractivity contribution is -0.156. The summed E-state index contributed by atoms with van der Waals surface area (Å²) in [5, 5.41) is 10.4. The van der Waals surface area contributed by atoms with Gasteiger partial charge in [-0.2, -0.15) is 0 Å². The Balaban J connectivity index is 1.81. The lowest BCUT2D eigenvalue weighted by Gasteiger charge is -2.26. The Morgan fingerprint density at radius 1 is 1.29 bits per heavy atom. The zero-order valence-electron chi connectivity index (χ0n) is 12.7. The van der Waals surface area contributed by atoms with Crippen LogP contribution in [0.2, 0.25) is 5.02 Å². The number of hydrogen-bond donors (Lipinski definition) is 1. The molecule has 0 bridgehead atoms. The van der Waals surface area contributed by atoms with Gasteiger partial charge in [0, 0.05) is 17.0 Å². The second-order valence-corrected chi connectivity index (χ2v) is 6.61. The fourth-order valence-electron chi connectivity index (χ4n) is 2.84. The number of halogens is 2. The number of carbonyl (C=O) groups is 1. The first-order chi connectivity index (χ1) is 11.5. The maximum atomic E-state index is 11.3. The van der Waals surface area contributed by atoms with E-state index in [-0.39, 0.29) is 6.10 Å². The van der Waals surface area contributed by atoms with E-state index in [0.29, 0.717) is 28.9 Å². The third kappa shape index (κ3) is 3.49. The topological polar surface area (TPSA) is 55.8 Å². The molecule has 2 atom stereocenters. The van der Waals surface area contributed by atoms with E-state index in [2.05, 4.69) is 15.9 Å². The number of benzene rings is 2. The van der Waals surface area contributed by atoms with Gasteiger partial charge >= 0.3 is 5.97 Å². The van der Waals surface area contributed by atoms with Gasteiger partial charge in [-0.1, -0.05) is 57.9 Å². The van der Waals surface area contributed by atoms with Gasteiger partial charge in [-0.15, -0.1) is 0 Å². The van der Waals surface area contributed by atoms with E-state index in [1.165, 1.54) is 0 Å². The van der Waals surface area contributed by atoms with Crippen LogP contribution < -0.4 is 0 Å². The molecule has 2 aromatic carbocycles. The van der Waals surface area contributed by atoms with Crippen LogP contribution in [0.1, 0.15) is 21.5 Å². The molecule has 0 aliphatic carbocycles. The molecule has 1 N–H and O–H groups in total. The van der Waals surface area contributed by atoms with Crippen molar-refractivity contribution in [1.82, 2.24) is 0 Å². The zero-order chi connectivity index (χ0) is 17.2. The summed E-state index contributed by atoms with van der Waals surface area (Å²) in [6, 6.07) is 14.3. The fraction of sp³-hybridized carbons (Fsp3) is 0.278. The van der Waals surface area contributed by atoms with Gasteiger partial charge in [0.1, 0.15) is 0 Å². The van der Waals surface area contributed by atoms with Crippen molar-refractivity contribution in [2.45, 2.75) is 18.3 Å². The molecule has 0 radical (unpaired) electrons. The van der Waals surface area contributed by atoms with Gasteiger partial charge in [-0.25, -0.2) is 4.79 Å². The molecule has 3 rings (SSSR count). The van der Waals surface area contributed by atoms with E-state index in [0.717, 1.165) is 11.1 Å². The first-order valence-electron chi connectivity index (χ1n) is 7.49. The van der Waals surface area contributed by atoms with Crippen LogP contribution in [0.5, 0.6) is 0 Å². The number of carboxylic acids is 1. The number of hydrogen-bond acceptors (Lipinski definition) is 3. The highest BCUT2D eigenvalue weighted by Gasteiger charge is 2.42. The number of alkyl halides is 1. The number of carboxylic acid groups (broad SMARTS) is 1. The smallest absolute Gasteiger partial charge is 0.335 e. The van der Waals surface area contributed by atoms with Crippen molar-refractivity contribution >= 4 is 33.5 Å². The van der Waals surface area contributed by atoms with E-state index >= 15 is 0 Å². The Bertz CT molecular complexity index is 751. The van der Waals surface area contributed by atoms with Crippen molar-refractivity contribution in [2.75, 3.05) is 11.9 Å². The molecule has 4 nitrogen and oxygen atoms in total. The van der Waals surface area contributed by atoms with Crippen molar-refractivity contribution in [3.05, 3.63) is 70.2 Å². The summed E-state index contributed by atoms with van der Waals surface area (Å²) in [5.41, 5.74) is 1.86. The molecule has 1 heterocycles. The molecule has 0 amide bonds. The molecule has 126 valence electrons.